The van der Waals surface area contributed by atoms with Crippen LogP contribution < -0.4 is 4.90 Å². The molecule has 6 heteroatoms. The van der Waals surface area contributed by atoms with E-state index in [1.807, 2.05) is 29.3 Å². The Morgan fingerprint density at radius 3 is 2.77 bits per heavy atom. The highest BCUT2D eigenvalue weighted by Gasteiger charge is 2.28. The maximum atomic E-state index is 12.7. The number of anilines is 1. The summed E-state index contributed by atoms with van der Waals surface area (Å²) in [6.07, 6.45) is 4.90. The first kappa shape index (κ1) is 17.5. The summed E-state index contributed by atoms with van der Waals surface area (Å²) in [5.41, 5.74) is 1.42. The molecule has 2 aliphatic rings. The van der Waals surface area contributed by atoms with Gasteiger partial charge in [-0.05, 0) is 53.9 Å². The van der Waals surface area contributed by atoms with E-state index in [2.05, 4.69) is 31.6 Å². The van der Waals surface area contributed by atoms with E-state index in [9.17, 15) is 4.79 Å². The Hall–Kier alpha value is -1.92. The highest BCUT2D eigenvalue weighted by Crippen LogP contribution is 2.33. The zero-order valence-corrected chi connectivity index (χ0v) is 15.9. The molecule has 2 fully saturated rings. The third-order valence-electron chi connectivity index (χ3n) is 5.51. The molecular formula is C20H26N4OS. The van der Waals surface area contributed by atoms with Gasteiger partial charge in [-0.25, -0.2) is 4.98 Å². The lowest BCUT2D eigenvalue weighted by atomic mass is 10.1. The van der Waals surface area contributed by atoms with Gasteiger partial charge in [0.1, 0.15) is 5.82 Å². The molecule has 4 rings (SSSR count). The minimum Gasteiger partial charge on any atom is -0.353 e. The smallest absolute Gasteiger partial charge is 0.223 e. The largest absolute Gasteiger partial charge is 0.353 e. The molecule has 5 nitrogen and oxygen atoms in total. The molecule has 0 aromatic carbocycles. The Kier molecular flexibility index (Phi) is 5.51. The van der Waals surface area contributed by atoms with Crippen molar-refractivity contribution < 1.29 is 4.79 Å². The average Bonchev–Trinajstić information content (AvgIpc) is 3.38. The van der Waals surface area contributed by atoms with Gasteiger partial charge < -0.3 is 9.80 Å². The molecular weight excluding hydrogens is 344 g/mol. The lowest BCUT2D eigenvalue weighted by molar-refractivity contribution is -0.131. The number of nitrogens with zero attached hydrogens (tertiary/aromatic N) is 4. The summed E-state index contributed by atoms with van der Waals surface area (Å²) in [7, 11) is 0. The van der Waals surface area contributed by atoms with Crippen molar-refractivity contribution in [1.29, 1.82) is 0 Å². The molecule has 0 spiro atoms. The number of hydrogen-bond donors (Lipinski definition) is 0. The fourth-order valence-corrected chi connectivity index (χ4v) is 4.77. The molecule has 0 saturated carbocycles. The molecule has 0 N–H and O–H groups in total. The molecule has 1 amide bonds. The van der Waals surface area contributed by atoms with E-state index in [-0.39, 0.29) is 0 Å². The van der Waals surface area contributed by atoms with Crippen LogP contribution in [0.4, 0.5) is 5.82 Å². The van der Waals surface area contributed by atoms with Crippen molar-refractivity contribution in [1.82, 2.24) is 14.8 Å². The SMILES string of the molecule is O=C(CCN1CCCC1c1ccsc1)N1CCN(c2ccccn2)CC1. The predicted octanol–water partition coefficient (Wildman–Crippen LogP) is 3.02. The van der Waals surface area contributed by atoms with Crippen LogP contribution in [-0.4, -0.2) is 60.0 Å². The van der Waals surface area contributed by atoms with Crippen LogP contribution in [0.2, 0.25) is 0 Å². The number of aromatic nitrogens is 1. The molecule has 26 heavy (non-hydrogen) atoms. The third kappa shape index (κ3) is 3.91. The van der Waals surface area contributed by atoms with Crippen molar-refractivity contribution in [2.75, 3.05) is 44.2 Å². The van der Waals surface area contributed by atoms with E-state index in [4.69, 9.17) is 0 Å². The fourth-order valence-electron chi connectivity index (χ4n) is 4.06. The van der Waals surface area contributed by atoms with Gasteiger partial charge in [0, 0.05) is 51.4 Å². The molecule has 1 atom stereocenters. The van der Waals surface area contributed by atoms with Gasteiger partial charge >= 0.3 is 0 Å². The van der Waals surface area contributed by atoms with Gasteiger partial charge in [-0.1, -0.05) is 6.07 Å². The van der Waals surface area contributed by atoms with Gasteiger partial charge in [0.15, 0.2) is 0 Å². The van der Waals surface area contributed by atoms with Crippen molar-refractivity contribution in [3.63, 3.8) is 0 Å². The summed E-state index contributed by atoms with van der Waals surface area (Å²) in [6.45, 7) is 5.31. The number of carbonyl (C=O) groups is 1. The highest BCUT2D eigenvalue weighted by molar-refractivity contribution is 7.07. The van der Waals surface area contributed by atoms with Crippen LogP contribution in [0.5, 0.6) is 0 Å². The fraction of sp³-hybridized carbons (Fsp3) is 0.500. The van der Waals surface area contributed by atoms with Crippen LogP contribution in [0.25, 0.3) is 0 Å². The zero-order valence-electron chi connectivity index (χ0n) is 15.1. The lowest BCUT2D eigenvalue weighted by Gasteiger charge is -2.36. The summed E-state index contributed by atoms with van der Waals surface area (Å²) in [5, 5.41) is 4.40. The van der Waals surface area contributed by atoms with Gasteiger partial charge in [0.2, 0.25) is 5.91 Å². The molecule has 2 aromatic heterocycles. The van der Waals surface area contributed by atoms with Crippen molar-refractivity contribution >= 4 is 23.1 Å². The van der Waals surface area contributed by atoms with Crippen LogP contribution in [0.3, 0.4) is 0 Å². The van der Waals surface area contributed by atoms with Gasteiger partial charge in [-0.15, -0.1) is 0 Å². The molecule has 0 aliphatic carbocycles. The van der Waals surface area contributed by atoms with Crippen LogP contribution in [-0.2, 0) is 4.79 Å². The second kappa shape index (κ2) is 8.18. The Morgan fingerprint density at radius 1 is 1.15 bits per heavy atom. The molecule has 2 aliphatic heterocycles. The van der Waals surface area contributed by atoms with Crippen LogP contribution in [0, 0.1) is 0 Å². The molecule has 0 radical (unpaired) electrons. The monoisotopic (exact) mass is 370 g/mol. The first-order valence-corrected chi connectivity index (χ1v) is 10.5. The standard InChI is InChI=1S/C20H26N4OS/c25-20(6-10-22-9-3-4-18(22)17-7-15-26-16-17)24-13-11-23(12-14-24)19-5-1-2-8-21-19/h1-2,5,7-8,15-16,18H,3-4,6,9-14H2. The van der Waals surface area contributed by atoms with E-state index in [1.165, 1.54) is 18.4 Å². The van der Waals surface area contributed by atoms with E-state index in [1.54, 1.807) is 11.3 Å². The van der Waals surface area contributed by atoms with Crippen molar-refractivity contribution in [2.45, 2.75) is 25.3 Å². The van der Waals surface area contributed by atoms with Gasteiger partial charge in [-0.2, -0.15) is 11.3 Å². The third-order valence-corrected chi connectivity index (χ3v) is 6.21. The van der Waals surface area contributed by atoms with E-state index >= 15 is 0 Å². The second-order valence-electron chi connectivity index (χ2n) is 7.06. The predicted molar refractivity (Wildman–Crippen MR) is 106 cm³/mol. The number of pyridine rings is 1. The number of piperazine rings is 1. The first-order chi connectivity index (χ1) is 12.8. The van der Waals surface area contributed by atoms with E-state index in [0.29, 0.717) is 18.4 Å². The Labute approximate surface area is 159 Å². The summed E-state index contributed by atoms with van der Waals surface area (Å²) >= 11 is 1.76. The topological polar surface area (TPSA) is 39.7 Å². The Balaban J connectivity index is 1.26. The van der Waals surface area contributed by atoms with Crippen molar-refractivity contribution in [2.24, 2.45) is 0 Å². The van der Waals surface area contributed by atoms with Gasteiger partial charge in [0.25, 0.3) is 0 Å². The minimum absolute atomic E-state index is 0.293. The number of likely N-dealkylation sites (tertiary alicyclic amines) is 1. The number of rotatable bonds is 5. The summed E-state index contributed by atoms with van der Waals surface area (Å²) in [5.74, 6) is 1.30. The van der Waals surface area contributed by atoms with Crippen molar-refractivity contribution in [3.8, 4) is 0 Å². The highest BCUT2D eigenvalue weighted by atomic mass is 32.1. The quantitative estimate of drug-likeness (QED) is 0.811. The lowest BCUT2D eigenvalue weighted by Crippen LogP contribution is -2.49. The van der Waals surface area contributed by atoms with Crippen molar-refractivity contribution in [3.05, 3.63) is 46.8 Å². The molecule has 138 valence electrons. The second-order valence-corrected chi connectivity index (χ2v) is 7.84. The van der Waals surface area contributed by atoms with E-state index in [0.717, 1.165) is 45.1 Å². The molecule has 4 heterocycles. The van der Waals surface area contributed by atoms with Gasteiger partial charge in [-0.3, -0.25) is 9.69 Å². The Bertz CT molecular complexity index is 698. The molecule has 0 bridgehead atoms. The summed E-state index contributed by atoms with van der Waals surface area (Å²) in [4.78, 5) is 23.8. The zero-order chi connectivity index (χ0) is 17.8. The maximum absolute atomic E-state index is 12.7. The van der Waals surface area contributed by atoms with Gasteiger partial charge in [0.05, 0.1) is 0 Å². The molecule has 2 aromatic rings. The van der Waals surface area contributed by atoms with E-state index < -0.39 is 0 Å². The average molecular weight is 371 g/mol. The van der Waals surface area contributed by atoms with Crippen LogP contribution >= 0.6 is 11.3 Å². The summed E-state index contributed by atoms with van der Waals surface area (Å²) < 4.78 is 0. The Morgan fingerprint density at radius 2 is 2.04 bits per heavy atom. The first-order valence-electron chi connectivity index (χ1n) is 9.51. The molecule has 2 saturated heterocycles. The summed E-state index contributed by atoms with van der Waals surface area (Å²) in [6, 6.07) is 8.72. The van der Waals surface area contributed by atoms with Crippen LogP contribution in [0.15, 0.2) is 41.2 Å². The number of thiophene rings is 1. The minimum atomic E-state index is 0.293. The number of amides is 1. The van der Waals surface area contributed by atoms with Crippen LogP contribution in [0.1, 0.15) is 30.9 Å². The normalized spacial score (nSPS) is 21.3. The molecule has 1 unspecified atom stereocenters. The maximum Gasteiger partial charge on any atom is 0.223 e. The number of carbonyl (C=O) groups excluding carboxylic acids is 1. The number of hydrogen-bond acceptors (Lipinski definition) is 5.